The Kier molecular flexibility index (Phi) is 7.09. The smallest absolute Gasteiger partial charge is 0.315 e. The molecule has 0 atom stereocenters. The average molecular weight is 414 g/mol. The molecule has 8 nitrogen and oxygen atoms in total. The van der Waals surface area contributed by atoms with Gasteiger partial charge < -0.3 is 20.1 Å². The second kappa shape index (κ2) is 9.29. The third-order valence-electron chi connectivity index (χ3n) is 3.66. The van der Waals surface area contributed by atoms with E-state index in [1.165, 1.54) is 26.4 Å². The number of methoxy groups -OCH3 is 2. The third-order valence-corrected chi connectivity index (χ3v) is 4.40. The lowest BCUT2D eigenvalue weighted by Gasteiger charge is -2.15. The number of nitrogens with zero attached hydrogens (tertiary/aromatic N) is 1. The summed E-state index contributed by atoms with van der Waals surface area (Å²) in [5, 5.41) is 16.6. The van der Waals surface area contributed by atoms with Crippen molar-refractivity contribution >= 4 is 34.9 Å². The van der Waals surface area contributed by atoms with E-state index < -0.39 is 11.0 Å². The average Bonchev–Trinajstić information content (AvgIpc) is 2.65. The highest BCUT2D eigenvalue weighted by Crippen LogP contribution is 2.41. The highest BCUT2D eigenvalue weighted by Gasteiger charge is 2.18. The minimum atomic E-state index is -0.495. The summed E-state index contributed by atoms with van der Waals surface area (Å²) in [7, 11) is 2.91. The lowest BCUT2D eigenvalue weighted by Crippen LogP contribution is -2.34. The molecule has 0 aliphatic rings. The summed E-state index contributed by atoms with van der Waals surface area (Å²) in [4.78, 5) is 22.3. The predicted molar refractivity (Wildman–Crippen MR) is 102 cm³/mol. The molecule has 0 spiro atoms. The Balaban J connectivity index is 2.00. The molecule has 0 fully saturated rings. The van der Waals surface area contributed by atoms with Gasteiger partial charge in [-0.15, -0.1) is 0 Å². The molecule has 27 heavy (non-hydrogen) atoms. The number of nitrogens with one attached hydrogen (secondary N) is 2. The highest BCUT2D eigenvalue weighted by molar-refractivity contribution is 6.37. The van der Waals surface area contributed by atoms with E-state index in [0.717, 1.165) is 0 Å². The van der Waals surface area contributed by atoms with Crippen molar-refractivity contribution in [2.75, 3.05) is 14.2 Å². The first kappa shape index (κ1) is 20.6. The van der Waals surface area contributed by atoms with Gasteiger partial charge in [-0.3, -0.25) is 10.1 Å². The molecule has 0 unspecified atom stereocenters. The first-order valence-electron chi connectivity index (χ1n) is 7.71. The van der Waals surface area contributed by atoms with Crippen molar-refractivity contribution in [1.29, 1.82) is 0 Å². The number of nitro groups is 1. The SMILES string of the molecule is COc1cc(Cl)c(CNC(=O)NCc2cccc([N+](=O)[O-])c2)c(Cl)c1OC. The molecule has 0 aliphatic heterocycles. The number of ether oxygens (including phenoxy) is 2. The van der Waals surface area contributed by atoms with Gasteiger partial charge in [-0.05, 0) is 5.56 Å². The lowest BCUT2D eigenvalue weighted by atomic mass is 10.2. The Labute approximate surface area is 165 Å². The van der Waals surface area contributed by atoms with Gasteiger partial charge in [-0.2, -0.15) is 0 Å². The Morgan fingerprint density at radius 1 is 1.15 bits per heavy atom. The molecule has 2 aromatic carbocycles. The van der Waals surface area contributed by atoms with Crippen molar-refractivity contribution in [3.05, 3.63) is 61.6 Å². The molecular weight excluding hydrogens is 397 g/mol. The van der Waals surface area contributed by atoms with E-state index in [9.17, 15) is 14.9 Å². The summed E-state index contributed by atoms with van der Waals surface area (Å²) in [6, 6.07) is 7.06. The maximum absolute atomic E-state index is 12.0. The largest absolute Gasteiger partial charge is 0.493 e. The Hall–Kier alpha value is -2.71. The van der Waals surface area contributed by atoms with Crippen LogP contribution in [0.5, 0.6) is 11.5 Å². The number of hydrogen-bond acceptors (Lipinski definition) is 5. The Bertz CT molecular complexity index is 861. The topological polar surface area (TPSA) is 103 Å². The molecule has 0 aromatic heterocycles. The summed E-state index contributed by atoms with van der Waals surface area (Å²) in [5.74, 6) is 0.698. The zero-order chi connectivity index (χ0) is 20.0. The maximum atomic E-state index is 12.0. The van der Waals surface area contributed by atoms with Crippen LogP contribution in [0.4, 0.5) is 10.5 Å². The van der Waals surface area contributed by atoms with Crippen LogP contribution in [0, 0.1) is 10.1 Å². The van der Waals surface area contributed by atoms with Gasteiger partial charge >= 0.3 is 6.03 Å². The molecule has 0 heterocycles. The number of carbonyl (C=O) groups excluding carboxylic acids is 1. The van der Waals surface area contributed by atoms with E-state index >= 15 is 0 Å². The van der Waals surface area contributed by atoms with Gasteiger partial charge in [-0.25, -0.2) is 4.79 Å². The maximum Gasteiger partial charge on any atom is 0.315 e. The van der Waals surface area contributed by atoms with Gasteiger partial charge in [0.15, 0.2) is 11.5 Å². The molecule has 0 aliphatic carbocycles. The van der Waals surface area contributed by atoms with Crippen molar-refractivity contribution in [3.8, 4) is 11.5 Å². The van der Waals surface area contributed by atoms with Crippen LogP contribution in [0.15, 0.2) is 30.3 Å². The van der Waals surface area contributed by atoms with Crippen LogP contribution in [0.1, 0.15) is 11.1 Å². The number of benzene rings is 2. The summed E-state index contributed by atoms with van der Waals surface area (Å²) in [6.07, 6.45) is 0. The highest BCUT2D eigenvalue weighted by atomic mass is 35.5. The normalized spacial score (nSPS) is 10.2. The molecule has 0 saturated carbocycles. The first-order chi connectivity index (χ1) is 12.9. The van der Waals surface area contributed by atoms with Gasteiger partial charge in [0.25, 0.3) is 5.69 Å². The Morgan fingerprint density at radius 2 is 1.85 bits per heavy atom. The fourth-order valence-corrected chi connectivity index (χ4v) is 2.96. The minimum absolute atomic E-state index is 0.0430. The number of urea groups is 1. The van der Waals surface area contributed by atoms with Gasteiger partial charge in [0.1, 0.15) is 0 Å². The van der Waals surface area contributed by atoms with Crippen molar-refractivity contribution < 1.29 is 19.2 Å². The molecule has 2 N–H and O–H groups in total. The van der Waals surface area contributed by atoms with Crippen LogP contribution in [-0.2, 0) is 13.1 Å². The third kappa shape index (κ3) is 5.15. The predicted octanol–water partition coefficient (Wildman–Crippen LogP) is 3.92. The fraction of sp³-hybridized carbons (Fsp3) is 0.235. The molecule has 2 aromatic rings. The van der Waals surface area contributed by atoms with Gasteiger partial charge in [-0.1, -0.05) is 35.3 Å². The zero-order valence-electron chi connectivity index (χ0n) is 14.5. The molecule has 0 saturated heterocycles. The van der Waals surface area contributed by atoms with E-state index in [2.05, 4.69) is 10.6 Å². The zero-order valence-corrected chi connectivity index (χ0v) is 16.1. The minimum Gasteiger partial charge on any atom is -0.493 e. The number of non-ortho nitro benzene ring substituents is 1. The van der Waals surface area contributed by atoms with Crippen molar-refractivity contribution in [2.24, 2.45) is 0 Å². The summed E-state index contributed by atoms with van der Waals surface area (Å²) >= 11 is 12.5. The van der Waals surface area contributed by atoms with Crippen molar-refractivity contribution in [1.82, 2.24) is 10.6 Å². The number of nitro benzene ring substituents is 1. The second-order valence-corrected chi connectivity index (χ2v) is 6.13. The molecule has 0 radical (unpaired) electrons. The summed E-state index contributed by atoms with van der Waals surface area (Å²) in [6.45, 7) is 0.180. The number of carbonyl (C=O) groups is 1. The molecular formula is C17H17Cl2N3O5. The van der Waals surface area contributed by atoms with Crippen LogP contribution in [-0.4, -0.2) is 25.2 Å². The molecule has 2 rings (SSSR count). The number of hydrogen-bond donors (Lipinski definition) is 2. The van der Waals surface area contributed by atoms with E-state index in [-0.39, 0.29) is 23.8 Å². The van der Waals surface area contributed by atoms with Crippen molar-refractivity contribution in [2.45, 2.75) is 13.1 Å². The number of amides is 2. The van der Waals surface area contributed by atoms with E-state index in [1.54, 1.807) is 18.2 Å². The molecule has 0 bridgehead atoms. The van der Waals surface area contributed by atoms with Gasteiger partial charge in [0.2, 0.25) is 0 Å². The monoisotopic (exact) mass is 413 g/mol. The van der Waals surface area contributed by atoms with Crippen LogP contribution in [0.2, 0.25) is 10.0 Å². The number of halogens is 2. The van der Waals surface area contributed by atoms with E-state index in [4.69, 9.17) is 32.7 Å². The summed E-state index contributed by atoms with van der Waals surface area (Å²) < 4.78 is 10.4. The fourth-order valence-electron chi connectivity index (χ4n) is 2.32. The van der Waals surface area contributed by atoms with Crippen molar-refractivity contribution in [3.63, 3.8) is 0 Å². The molecule has 144 valence electrons. The van der Waals surface area contributed by atoms with Crippen LogP contribution < -0.4 is 20.1 Å². The van der Waals surface area contributed by atoms with Gasteiger partial charge in [0.05, 0.1) is 29.2 Å². The lowest BCUT2D eigenvalue weighted by molar-refractivity contribution is -0.384. The number of rotatable bonds is 7. The molecule has 10 heteroatoms. The van der Waals surface area contributed by atoms with Gasteiger partial charge in [0, 0.05) is 36.9 Å². The van der Waals surface area contributed by atoms with Crippen LogP contribution in [0.25, 0.3) is 0 Å². The Morgan fingerprint density at radius 3 is 2.48 bits per heavy atom. The van der Waals surface area contributed by atoms with Crippen LogP contribution in [0.3, 0.4) is 0 Å². The summed E-state index contributed by atoms with van der Waals surface area (Å²) in [5.41, 5.74) is 1.03. The standard InChI is InChI=1S/C17H17Cl2N3O5/c1-26-14-7-13(18)12(15(19)16(14)27-2)9-21-17(23)20-8-10-4-3-5-11(6-10)22(24)25/h3-7H,8-9H2,1-2H3,(H2,20,21,23). The van der Waals surface area contributed by atoms with E-state index in [0.29, 0.717) is 27.6 Å². The van der Waals surface area contributed by atoms with E-state index in [1.807, 2.05) is 0 Å². The first-order valence-corrected chi connectivity index (χ1v) is 8.46. The second-order valence-electron chi connectivity index (χ2n) is 5.35. The quantitative estimate of drug-likeness (QED) is 0.528. The van der Waals surface area contributed by atoms with Crippen LogP contribution >= 0.6 is 23.2 Å². The molecule has 2 amide bonds.